The molecule has 0 radical (unpaired) electrons. The first kappa shape index (κ1) is 25.5. The van der Waals surface area contributed by atoms with Crippen molar-refractivity contribution < 1.29 is 4.79 Å². The molecule has 0 saturated carbocycles. The van der Waals surface area contributed by atoms with E-state index in [1.54, 1.807) is 6.20 Å². The van der Waals surface area contributed by atoms with Crippen molar-refractivity contribution in [3.05, 3.63) is 101 Å². The summed E-state index contributed by atoms with van der Waals surface area (Å²) in [5.41, 5.74) is 19.9. The molecule has 1 aliphatic carbocycles. The molecule has 2 aromatic carbocycles. The van der Waals surface area contributed by atoms with E-state index in [-0.39, 0.29) is 18.1 Å². The van der Waals surface area contributed by atoms with E-state index >= 15 is 0 Å². The van der Waals surface area contributed by atoms with Crippen LogP contribution in [0.5, 0.6) is 0 Å². The van der Waals surface area contributed by atoms with Gasteiger partial charge >= 0.3 is 0 Å². The highest BCUT2D eigenvalue weighted by molar-refractivity contribution is 6.05. The zero-order valence-electron chi connectivity index (χ0n) is 23.0. The number of Topliss-reactive ketones (excluding diaryl/α,β-unsaturated/α-hetero) is 1. The molecule has 3 aromatic heterocycles. The van der Waals surface area contributed by atoms with Crippen LogP contribution < -0.4 is 11.5 Å². The van der Waals surface area contributed by atoms with E-state index < -0.39 is 5.41 Å². The number of nitrogens with zero attached hydrogens (tertiary/aromatic N) is 3. The number of ketones is 1. The van der Waals surface area contributed by atoms with Crippen LogP contribution in [0, 0.1) is 6.92 Å². The van der Waals surface area contributed by atoms with Gasteiger partial charge < -0.3 is 20.6 Å². The summed E-state index contributed by atoms with van der Waals surface area (Å²) in [7, 11) is 0. The van der Waals surface area contributed by atoms with Gasteiger partial charge in [-0.1, -0.05) is 69.2 Å². The minimum absolute atomic E-state index is 0.0642. The SMILES string of the molecule is CCCC(N)n1cc(C2(c3c(C)n(C(N)CCC)c4ccccc34)CC(=O)c3ncccc32)c2ccccc21. The van der Waals surface area contributed by atoms with Gasteiger partial charge in [-0.3, -0.25) is 9.78 Å². The number of fused-ring (bicyclic) bond motifs is 3. The van der Waals surface area contributed by atoms with Gasteiger partial charge in [-0.05, 0) is 54.7 Å². The highest BCUT2D eigenvalue weighted by Gasteiger charge is 2.51. The molecule has 0 fully saturated rings. The lowest BCUT2D eigenvalue weighted by molar-refractivity contribution is 0.0980. The summed E-state index contributed by atoms with van der Waals surface area (Å²) in [6.07, 6.45) is 7.64. The van der Waals surface area contributed by atoms with E-state index in [1.165, 1.54) is 0 Å². The van der Waals surface area contributed by atoms with Gasteiger partial charge in [0.1, 0.15) is 5.69 Å². The first-order valence-corrected chi connectivity index (χ1v) is 14.1. The lowest BCUT2D eigenvalue weighted by Crippen LogP contribution is -2.29. The summed E-state index contributed by atoms with van der Waals surface area (Å²) < 4.78 is 4.48. The molecule has 3 unspecified atom stereocenters. The fourth-order valence-corrected chi connectivity index (χ4v) is 7.03. The second-order valence-electron chi connectivity index (χ2n) is 10.9. The molecule has 0 bridgehead atoms. The van der Waals surface area contributed by atoms with E-state index in [9.17, 15) is 4.79 Å². The summed E-state index contributed by atoms with van der Waals surface area (Å²) in [5, 5.41) is 2.24. The molecule has 0 aliphatic heterocycles. The Morgan fingerprint density at radius 3 is 2.28 bits per heavy atom. The standard InChI is InChI=1S/C33H37N5O/c1-4-11-29(34)37-20-25(22-13-6-8-16-26(22)37)33(19-28(39)32-24(33)15-10-18-36-32)31-21(3)38(30(35)12-5-2)27-17-9-7-14-23(27)31/h6-10,13-18,20,29-30H,4-5,11-12,19,34-35H2,1-3H3. The van der Waals surface area contributed by atoms with Gasteiger partial charge in [-0.15, -0.1) is 0 Å². The van der Waals surface area contributed by atoms with Crippen molar-refractivity contribution in [2.24, 2.45) is 11.5 Å². The zero-order valence-corrected chi connectivity index (χ0v) is 23.0. The smallest absolute Gasteiger partial charge is 0.183 e. The number of benzene rings is 2. The predicted octanol–water partition coefficient (Wildman–Crippen LogP) is 6.74. The van der Waals surface area contributed by atoms with E-state index in [1.807, 2.05) is 6.07 Å². The van der Waals surface area contributed by atoms with Gasteiger partial charge in [0.2, 0.25) is 0 Å². The Balaban J connectivity index is 1.76. The maximum Gasteiger partial charge on any atom is 0.183 e. The van der Waals surface area contributed by atoms with Crippen LogP contribution in [-0.4, -0.2) is 19.9 Å². The van der Waals surface area contributed by atoms with Crippen molar-refractivity contribution in [3.8, 4) is 0 Å². The Bertz CT molecular complexity index is 1700. The van der Waals surface area contributed by atoms with E-state index in [0.29, 0.717) is 12.1 Å². The average Bonchev–Trinajstić information content (AvgIpc) is 3.57. The predicted molar refractivity (Wildman–Crippen MR) is 158 cm³/mol. The molecule has 5 aromatic rings. The second-order valence-corrected chi connectivity index (χ2v) is 10.9. The summed E-state index contributed by atoms with van der Waals surface area (Å²) in [5.74, 6) is 0.0642. The van der Waals surface area contributed by atoms with E-state index in [2.05, 4.69) is 95.7 Å². The highest BCUT2D eigenvalue weighted by Crippen LogP contribution is 2.54. The van der Waals surface area contributed by atoms with Crippen LogP contribution in [0.25, 0.3) is 21.8 Å². The van der Waals surface area contributed by atoms with E-state index in [4.69, 9.17) is 11.5 Å². The number of nitrogens with two attached hydrogens (primary N) is 2. The van der Waals surface area contributed by atoms with Crippen molar-refractivity contribution in [2.75, 3.05) is 0 Å². The molecule has 6 nitrogen and oxygen atoms in total. The van der Waals surface area contributed by atoms with Crippen molar-refractivity contribution in [2.45, 2.75) is 70.6 Å². The van der Waals surface area contributed by atoms with E-state index in [0.717, 1.165) is 69.9 Å². The second kappa shape index (κ2) is 9.78. The van der Waals surface area contributed by atoms with Crippen molar-refractivity contribution >= 4 is 27.6 Å². The number of rotatable bonds is 8. The van der Waals surface area contributed by atoms with Crippen LogP contribution in [0.3, 0.4) is 0 Å². The number of para-hydroxylation sites is 2. The van der Waals surface area contributed by atoms with Crippen LogP contribution in [0.2, 0.25) is 0 Å². The van der Waals surface area contributed by atoms with Gasteiger partial charge in [-0.2, -0.15) is 0 Å². The molecular formula is C33H37N5O. The molecule has 6 rings (SSSR count). The molecule has 0 amide bonds. The van der Waals surface area contributed by atoms with Crippen LogP contribution in [0.4, 0.5) is 0 Å². The summed E-state index contributed by atoms with van der Waals surface area (Å²) in [6.45, 7) is 6.48. The molecule has 6 heteroatoms. The zero-order chi connectivity index (χ0) is 27.3. The molecule has 0 spiro atoms. The molecule has 4 N–H and O–H groups in total. The Kier molecular flexibility index (Phi) is 6.40. The number of carbonyl (C=O) groups is 1. The fraction of sp³-hybridized carbons (Fsp3) is 0.333. The normalized spacial score (nSPS) is 18.6. The lowest BCUT2D eigenvalue weighted by atomic mass is 9.69. The fourth-order valence-electron chi connectivity index (χ4n) is 7.03. The number of aromatic nitrogens is 3. The van der Waals surface area contributed by atoms with Crippen molar-refractivity contribution in [1.82, 2.24) is 14.1 Å². The Hall–Kier alpha value is -3.74. The number of hydrogen-bond acceptors (Lipinski definition) is 4. The van der Waals surface area contributed by atoms with Gasteiger partial charge in [0.05, 0.1) is 17.7 Å². The first-order valence-electron chi connectivity index (χ1n) is 14.1. The van der Waals surface area contributed by atoms with Gasteiger partial charge in [0, 0.05) is 46.3 Å². The van der Waals surface area contributed by atoms with Crippen LogP contribution in [0.15, 0.2) is 73.1 Å². The van der Waals surface area contributed by atoms with Crippen LogP contribution in [0.1, 0.15) is 91.2 Å². The summed E-state index contributed by atoms with van der Waals surface area (Å²) >= 11 is 0. The van der Waals surface area contributed by atoms with Crippen LogP contribution >= 0.6 is 0 Å². The quantitative estimate of drug-likeness (QED) is 0.238. The number of hydrogen-bond donors (Lipinski definition) is 2. The minimum atomic E-state index is -0.724. The summed E-state index contributed by atoms with van der Waals surface area (Å²) in [6, 6.07) is 20.9. The maximum absolute atomic E-state index is 13.8. The third kappa shape index (κ3) is 3.69. The monoisotopic (exact) mass is 519 g/mol. The highest BCUT2D eigenvalue weighted by atomic mass is 16.1. The summed E-state index contributed by atoms with van der Waals surface area (Å²) in [4.78, 5) is 18.4. The molecule has 3 atom stereocenters. The minimum Gasteiger partial charge on any atom is -0.331 e. The Morgan fingerprint density at radius 1 is 0.872 bits per heavy atom. The maximum atomic E-state index is 13.8. The van der Waals surface area contributed by atoms with Crippen molar-refractivity contribution in [3.63, 3.8) is 0 Å². The Morgan fingerprint density at radius 2 is 1.54 bits per heavy atom. The molecular weight excluding hydrogens is 482 g/mol. The van der Waals surface area contributed by atoms with Gasteiger partial charge in [-0.25, -0.2) is 0 Å². The largest absolute Gasteiger partial charge is 0.331 e. The first-order chi connectivity index (χ1) is 18.9. The third-order valence-electron chi connectivity index (χ3n) is 8.60. The third-order valence-corrected chi connectivity index (χ3v) is 8.60. The molecule has 1 aliphatic rings. The lowest BCUT2D eigenvalue weighted by Gasteiger charge is -2.31. The molecule has 39 heavy (non-hydrogen) atoms. The van der Waals surface area contributed by atoms with Crippen LogP contribution in [-0.2, 0) is 5.41 Å². The molecule has 200 valence electrons. The average molecular weight is 520 g/mol. The molecule has 0 saturated heterocycles. The van der Waals surface area contributed by atoms with Gasteiger partial charge in [0.15, 0.2) is 5.78 Å². The van der Waals surface area contributed by atoms with Crippen molar-refractivity contribution in [1.29, 1.82) is 0 Å². The molecule has 3 heterocycles. The Labute approximate surface area is 229 Å². The number of carbonyl (C=O) groups excluding carboxylic acids is 1. The van der Waals surface area contributed by atoms with Gasteiger partial charge in [0.25, 0.3) is 0 Å². The topological polar surface area (TPSA) is 91.9 Å². The number of pyridine rings is 1.